The predicted octanol–water partition coefficient (Wildman–Crippen LogP) is 3.53. The maximum absolute atomic E-state index is 12.5. The van der Waals surface area contributed by atoms with E-state index in [2.05, 4.69) is 26.2 Å². The number of aldehydes is 1. The van der Waals surface area contributed by atoms with Gasteiger partial charge in [-0.25, -0.2) is 0 Å². The Kier molecular flexibility index (Phi) is 4.92. The van der Waals surface area contributed by atoms with Gasteiger partial charge in [0.05, 0.1) is 24.1 Å². The molecule has 0 saturated heterocycles. The minimum Gasteiger partial charge on any atom is -0.495 e. The lowest BCUT2D eigenvalue weighted by Gasteiger charge is -2.13. The number of carbonyl (C=O) groups excluding carboxylic acids is 2. The molecule has 0 aliphatic heterocycles. The lowest BCUT2D eigenvalue weighted by atomic mass is 10.1. The smallest absolute Gasteiger partial charge is 0.257 e. The molecule has 0 spiro atoms. The van der Waals surface area contributed by atoms with Gasteiger partial charge in [-0.05, 0) is 53.5 Å². The van der Waals surface area contributed by atoms with Crippen LogP contribution in [-0.2, 0) is 0 Å². The fourth-order valence-electron chi connectivity index (χ4n) is 2.15. The number of nitrogens with one attached hydrogen (secondary N) is 1. The zero-order valence-corrected chi connectivity index (χ0v) is 14.0. The van der Waals surface area contributed by atoms with Crippen molar-refractivity contribution in [3.63, 3.8) is 0 Å². The van der Waals surface area contributed by atoms with E-state index in [0.29, 0.717) is 39.0 Å². The molecule has 1 amide bonds. The van der Waals surface area contributed by atoms with Crippen molar-refractivity contribution >= 4 is 33.8 Å². The average molecular weight is 363 g/mol. The van der Waals surface area contributed by atoms with E-state index in [1.807, 2.05) is 6.92 Å². The molecule has 0 aliphatic carbocycles. The Hall–Kier alpha value is -2.21. The number of pyridine rings is 1. The zero-order chi connectivity index (χ0) is 16.3. The van der Waals surface area contributed by atoms with Crippen molar-refractivity contribution in [2.75, 3.05) is 12.4 Å². The highest BCUT2D eigenvalue weighted by molar-refractivity contribution is 9.10. The number of halogens is 1. The van der Waals surface area contributed by atoms with E-state index in [0.717, 1.165) is 5.56 Å². The molecule has 6 heteroatoms. The standard InChI is InChI=1S/C16H15BrN2O3/c1-9-4-5-18-10(2)15(9)16(21)19-13-7-12(17)11(8-20)6-14(13)22-3/h4-8H,1-3H3,(H,19,21). The van der Waals surface area contributed by atoms with Crippen molar-refractivity contribution in [1.29, 1.82) is 0 Å². The van der Waals surface area contributed by atoms with Gasteiger partial charge in [0, 0.05) is 16.2 Å². The van der Waals surface area contributed by atoms with Crippen LogP contribution >= 0.6 is 15.9 Å². The number of amides is 1. The Balaban J connectivity index is 2.40. The first-order valence-electron chi connectivity index (χ1n) is 6.54. The predicted molar refractivity (Wildman–Crippen MR) is 87.7 cm³/mol. The molecule has 0 bridgehead atoms. The van der Waals surface area contributed by atoms with Gasteiger partial charge in [0.2, 0.25) is 0 Å². The molecule has 0 aliphatic rings. The van der Waals surface area contributed by atoms with Crippen LogP contribution < -0.4 is 10.1 Å². The number of aromatic nitrogens is 1. The highest BCUT2D eigenvalue weighted by atomic mass is 79.9. The van der Waals surface area contributed by atoms with Crippen LogP contribution in [0, 0.1) is 13.8 Å². The SMILES string of the molecule is COc1cc(C=O)c(Br)cc1NC(=O)c1c(C)ccnc1C. The summed E-state index contributed by atoms with van der Waals surface area (Å²) in [5, 5.41) is 2.80. The molecule has 1 aromatic heterocycles. The number of hydrogen-bond donors (Lipinski definition) is 1. The van der Waals surface area contributed by atoms with Gasteiger partial charge in [-0.2, -0.15) is 0 Å². The Morgan fingerprint density at radius 3 is 2.68 bits per heavy atom. The number of rotatable bonds is 4. The number of nitrogens with zero attached hydrogens (tertiary/aromatic N) is 1. The molecule has 22 heavy (non-hydrogen) atoms. The first-order chi connectivity index (χ1) is 10.5. The van der Waals surface area contributed by atoms with Crippen LogP contribution in [0.1, 0.15) is 32.0 Å². The number of benzene rings is 1. The molecule has 0 fully saturated rings. The number of aryl methyl sites for hydroxylation is 2. The van der Waals surface area contributed by atoms with Crippen LogP contribution in [0.4, 0.5) is 5.69 Å². The molecule has 0 atom stereocenters. The molecule has 0 radical (unpaired) electrons. The molecule has 2 aromatic rings. The summed E-state index contributed by atoms with van der Waals surface area (Å²) < 4.78 is 5.81. The fourth-order valence-corrected chi connectivity index (χ4v) is 2.59. The number of methoxy groups -OCH3 is 1. The van der Waals surface area contributed by atoms with Gasteiger partial charge in [0.25, 0.3) is 5.91 Å². The van der Waals surface area contributed by atoms with Crippen LogP contribution in [0.2, 0.25) is 0 Å². The van der Waals surface area contributed by atoms with E-state index in [-0.39, 0.29) is 5.91 Å². The van der Waals surface area contributed by atoms with Gasteiger partial charge in [-0.3, -0.25) is 14.6 Å². The van der Waals surface area contributed by atoms with Crippen LogP contribution in [-0.4, -0.2) is 24.3 Å². The van der Waals surface area contributed by atoms with Crippen molar-refractivity contribution in [3.05, 3.63) is 51.3 Å². The van der Waals surface area contributed by atoms with E-state index < -0.39 is 0 Å². The van der Waals surface area contributed by atoms with Crippen LogP contribution in [0.25, 0.3) is 0 Å². The Bertz CT molecular complexity index is 724. The lowest BCUT2D eigenvalue weighted by Crippen LogP contribution is -2.16. The maximum atomic E-state index is 12.5. The summed E-state index contributed by atoms with van der Waals surface area (Å²) in [6.45, 7) is 3.64. The third kappa shape index (κ3) is 3.17. The molecule has 5 nitrogen and oxygen atoms in total. The number of anilines is 1. The molecule has 1 heterocycles. The highest BCUT2D eigenvalue weighted by Crippen LogP contribution is 2.31. The summed E-state index contributed by atoms with van der Waals surface area (Å²) in [6.07, 6.45) is 2.38. The van der Waals surface area contributed by atoms with E-state index in [9.17, 15) is 9.59 Å². The summed E-state index contributed by atoms with van der Waals surface area (Å²) in [4.78, 5) is 27.6. The van der Waals surface area contributed by atoms with Gasteiger partial charge < -0.3 is 10.1 Å². The van der Waals surface area contributed by atoms with Crippen LogP contribution in [0.3, 0.4) is 0 Å². The maximum Gasteiger partial charge on any atom is 0.257 e. The van der Waals surface area contributed by atoms with Crippen molar-refractivity contribution < 1.29 is 14.3 Å². The van der Waals surface area contributed by atoms with E-state index in [1.54, 1.807) is 31.3 Å². The Labute approximate surface area is 136 Å². The first-order valence-corrected chi connectivity index (χ1v) is 7.33. The van der Waals surface area contributed by atoms with E-state index in [1.165, 1.54) is 7.11 Å². The summed E-state index contributed by atoms with van der Waals surface area (Å²) in [5.74, 6) is 0.144. The Morgan fingerprint density at radius 1 is 1.36 bits per heavy atom. The van der Waals surface area contributed by atoms with Gasteiger partial charge in [0.15, 0.2) is 6.29 Å². The van der Waals surface area contributed by atoms with Crippen LogP contribution in [0.5, 0.6) is 5.75 Å². The summed E-state index contributed by atoms with van der Waals surface area (Å²) in [5.41, 5.74) is 2.95. The number of hydrogen-bond acceptors (Lipinski definition) is 4. The summed E-state index contributed by atoms with van der Waals surface area (Å²) in [6, 6.07) is 4.99. The topological polar surface area (TPSA) is 68.3 Å². The van der Waals surface area contributed by atoms with Gasteiger partial charge in [0.1, 0.15) is 5.75 Å². The molecule has 114 valence electrons. The molecule has 1 aromatic carbocycles. The average Bonchev–Trinajstić information content (AvgIpc) is 2.47. The molecular formula is C16H15BrN2O3. The van der Waals surface area contributed by atoms with E-state index >= 15 is 0 Å². The van der Waals surface area contributed by atoms with E-state index in [4.69, 9.17) is 4.74 Å². The second kappa shape index (κ2) is 6.70. The summed E-state index contributed by atoms with van der Waals surface area (Å²) in [7, 11) is 1.48. The highest BCUT2D eigenvalue weighted by Gasteiger charge is 2.16. The molecule has 0 saturated carbocycles. The lowest BCUT2D eigenvalue weighted by molar-refractivity contribution is 0.102. The monoisotopic (exact) mass is 362 g/mol. The largest absolute Gasteiger partial charge is 0.495 e. The van der Waals surface area contributed by atoms with Crippen molar-refractivity contribution in [2.45, 2.75) is 13.8 Å². The Morgan fingerprint density at radius 2 is 2.09 bits per heavy atom. The molecular weight excluding hydrogens is 348 g/mol. The second-order valence-corrected chi connectivity index (χ2v) is 5.59. The zero-order valence-electron chi connectivity index (χ0n) is 12.4. The quantitative estimate of drug-likeness (QED) is 0.844. The summed E-state index contributed by atoms with van der Waals surface area (Å²) >= 11 is 3.30. The van der Waals surface area contributed by atoms with Gasteiger partial charge in [-0.15, -0.1) is 0 Å². The van der Waals surface area contributed by atoms with Crippen molar-refractivity contribution in [1.82, 2.24) is 4.98 Å². The normalized spacial score (nSPS) is 10.2. The molecule has 1 N–H and O–H groups in total. The molecule has 2 rings (SSSR count). The third-order valence-electron chi connectivity index (χ3n) is 3.27. The number of ether oxygens (including phenoxy) is 1. The number of carbonyl (C=O) groups is 2. The molecule has 0 unspecified atom stereocenters. The first kappa shape index (κ1) is 16.2. The van der Waals surface area contributed by atoms with Gasteiger partial charge >= 0.3 is 0 Å². The van der Waals surface area contributed by atoms with Crippen LogP contribution in [0.15, 0.2) is 28.9 Å². The third-order valence-corrected chi connectivity index (χ3v) is 3.96. The fraction of sp³-hybridized carbons (Fsp3) is 0.188. The van der Waals surface area contributed by atoms with Crippen molar-refractivity contribution in [3.8, 4) is 5.75 Å². The van der Waals surface area contributed by atoms with Crippen molar-refractivity contribution in [2.24, 2.45) is 0 Å². The second-order valence-electron chi connectivity index (χ2n) is 4.73. The minimum absolute atomic E-state index is 0.271. The minimum atomic E-state index is -0.271. The van der Waals surface area contributed by atoms with Gasteiger partial charge in [-0.1, -0.05) is 0 Å².